The summed E-state index contributed by atoms with van der Waals surface area (Å²) < 4.78 is 1.27. The zero-order chi connectivity index (χ0) is 12.7. The number of halogens is 1. The molecule has 1 rings (SSSR count). The fourth-order valence-corrected chi connectivity index (χ4v) is 4.06. The van der Waals surface area contributed by atoms with Crippen molar-refractivity contribution in [1.29, 1.82) is 0 Å². The van der Waals surface area contributed by atoms with Gasteiger partial charge >= 0.3 is 0 Å². The molecule has 0 aliphatic carbocycles. The van der Waals surface area contributed by atoms with Crippen LogP contribution >= 0.6 is 27.3 Å². The topological polar surface area (TPSA) is 12.0 Å². The van der Waals surface area contributed by atoms with E-state index in [9.17, 15) is 0 Å². The normalized spacial score (nSPS) is 13.2. The van der Waals surface area contributed by atoms with Gasteiger partial charge in [-0.3, -0.25) is 0 Å². The van der Waals surface area contributed by atoms with Crippen LogP contribution in [0.5, 0.6) is 0 Å². The average Bonchev–Trinajstić information content (AvgIpc) is 2.72. The zero-order valence-electron chi connectivity index (χ0n) is 11.1. The van der Waals surface area contributed by atoms with Crippen molar-refractivity contribution in [3.05, 3.63) is 20.8 Å². The smallest absolute Gasteiger partial charge is 0.0368 e. The minimum Gasteiger partial charge on any atom is -0.310 e. The van der Waals surface area contributed by atoms with Crippen LogP contribution in [0.2, 0.25) is 0 Å². The van der Waals surface area contributed by atoms with Crippen LogP contribution in [-0.2, 0) is 0 Å². The number of nitrogens with one attached hydrogen (secondary N) is 1. The van der Waals surface area contributed by atoms with Crippen LogP contribution in [0.3, 0.4) is 0 Å². The second-order valence-corrected chi connectivity index (χ2v) is 6.15. The lowest BCUT2D eigenvalue weighted by Crippen LogP contribution is -2.28. The highest BCUT2D eigenvalue weighted by Gasteiger charge is 2.23. The van der Waals surface area contributed by atoms with Crippen molar-refractivity contribution in [1.82, 2.24) is 5.32 Å². The van der Waals surface area contributed by atoms with Crippen LogP contribution in [-0.4, -0.2) is 6.54 Å². The fraction of sp³-hybridized carbons (Fsp3) is 0.714. The number of thiophene rings is 1. The first-order valence-electron chi connectivity index (χ1n) is 6.69. The van der Waals surface area contributed by atoms with E-state index in [2.05, 4.69) is 52.8 Å². The Bertz CT molecular complexity index is 305. The molecule has 1 heterocycles. The van der Waals surface area contributed by atoms with E-state index in [1.54, 1.807) is 11.3 Å². The lowest BCUT2D eigenvalue weighted by atomic mass is 9.87. The van der Waals surface area contributed by atoms with Gasteiger partial charge in [0.15, 0.2) is 0 Å². The van der Waals surface area contributed by atoms with Crippen molar-refractivity contribution in [2.75, 3.05) is 6.54 Å². The molecule has 0 aromatic carbocycles. The van der Waals surface area contributed by atoms with Gasteiger partial charge in [-0.15, -0.1) is 0 Å². The largest absolute Gasteiger partial charge is 0.310 e. The Morgan fingerprint density at radius 2 is 1.82 bits per heavy atom. The minimum atomic E-state index is 0.514. The van der Waals surface area contributed by atoms with E-state index in [0.29, 0.717) is 6.04 Å². The molecule has 17 heavy (non-hydrogen) atoms. The lowest BCUT2D eigenvalue weighted by molar-refractivity contribution is 0.320. The van der Waals surface area contributed by atoms with Crippen LogP contribution in [0.4, 0.5) is 0 Å². The number of hydrogen-bond acceptors (Lipinski definition) is 2. The second-order valence-electron chi connectivity index (χ2n) is 4.55. The molecule has 1 aromatic heterocycles. The number of rotatable bonds is 8. The summed E-state index contributed by atoms with van der Waals surface area (Å²) in [5.74, 6) is 0.760. The van der Waals surface area contributed by atoms with E-state index in [1.165, 1.54) is 35.7 Å². The molecule has 1 N–H and O–H groups in total. The summed E-state index contributed by atoms with van der Waals surface area (Å²) in [4.78, 5) is 0. The summed E-state index contributed by atoms with van der Waals surface area (Å²) in [6.07, 6.45) is 5.17. The zero-order valence-corrected chi connectivity index (χ0v) is 13.5. The first-order valence-corrected chi connectivity index (χ1v) is 8.43. The van der Waals surface area contributed by atoms with Crippen molar-refractivity contribution in [2.45, 2.75) is 52.5 Å². The van der Waals surface area contributed by atoms with Gasteiger partial charge in [-0.1, -0.05) is 33.6 Å². The maximum absolute atomic E-state index is 3.68. The Labute approximate surface area is 118 Å². The molecule has 1 atom stereocenters. The van der Waals surface area contributed by atoms with Gasteiger partial charge in [0.1, 0.15) is 0 Å². The summed E-state index contributed by atoms with van der Waals surface area (Å²) in [5.41, 5.74) is 1.45. The maximum atomic E-state index is 3.68. The van der Waals surface area contributed by atoms with Gasteiger partial charge in [-0.2, -0.15) is 11.3 Å². The lowest BCUT2D eigenvalue weighted by Gasteiger charge is -2.27. The van der Waals surface area contributed by atoms with E-state index < -0.39 is 0 Å². The van der Waals surface area contributed by atoms with Gasteiger partial charge in [-0.25, -0.2) is 0 Å². The Hall–Kier alpha value is 0.140. The van der Waals surface area contributed by atoms with Crippen molar-refractivity contribution >= 4 is 27.3 Å². The van der Waals surface area contributed by atoms with E-state index in [4.69, 9.17) is 0 Å². The first kappa shape index (κ1) is 15.2. The molecule has 0 fully saturated rings. The molecule has 0 aliphatic heterocycles. The van der Waals surface area contributed by atoms with E-state index >= 15 is 0 Å². The molecule has 0 bridgehead atoms. The molecule has 0 saturated carbocycles. The van der Waals surface area contributed by atoms with Gasteiger partial charge in [0.05, 0.1) is 0 Å². The third kappa shape index (κ3) is 4.38. The molecule has 0 spiro atoms. The highest BCUT2D eigenvalue weighted by molar-refractivity contribution is 9.10. The van der Waals surface area contributed by atoms with Crippen LogP contribution in [0.1, 0.15) is 58.1 Å². The van der Waals surface area contributed by atoms with E-state index in [-0.39, 0.29) is 0 Å². The van der Waals surface area contributed by atoms with Gasteiger partial charge in [0, 0.05) is 15.9 Å². The molecule has 1 unspecified atom stereocenters. The molecule has 0 aliphatic rings. The molecule has 3 heteroatoms. The Morgan fingerprint density at radius 1 is 1.18 bits per heavy atom. The fourth-order valence-electron chi connectivity index (χ4n) is 2.48. The number of hydrogen-bond donors (Lipinski definition) is 1. The van der Waals surface area contributed by atoms with Crippen molar-refractivity contribution in [3.63, 3.8) is 0 Å². The maximum Gasteiger partial charge on any atom is 0.0368 e. The standard InChI is InChI=1S/C14H24BrNS/c1-4-7-11(8-5-2)14(16-6-3)12-9-17-10-13(12)15/h9-11,14,16H,4-8H2,1-3H3. The van der Waals surface area contributed by atoms with Gasteiger partial charge < -0.3 is 5.32 Å². The predicted molar refractivity (Wildman–Crippen MR) is 81.7 cm³/mol. The molecule has 1 aromatic rings. The van der Waals surface area contributed by atoms with Gasteiger partial charge in [0.2, 0.25) is 0 Å². The van der Waals surface area contributed by atoms with Gasteiger partial charge in [-0.05, 0) is 52.2 Å². The SMILES string of the molecule is CCCC(CCC)C(NCC)c1cscc1Br. The van der Waals surface area contributed by atoms with Gasteiger partial charge in [0.25, 0.3) is 0 Å². The van der Waals surface area contributed by atoms with Crippen molar-refractivity contribution in [2.24, 2.45) is 5.92 Å². The molecule has 0 saturated heterocycles. The summed E-state index contributed by atoms with van der Waals surface area (Å²) >= 11 is 5.46. The Kier molecular flexibility index (Phi) is 7.40. The van der Waals surface area contributed by atoms with Crippen LogP contribution in [0.25, 0.3) is 0 Å². The average molecular weight is 318 g/mol. The molecule has 98 valence electrons. The summed E-state index contributed by atoms with van der Waals surface area (Å²) in [5, 5.41) is 8.15. The Morgan fingerprint density at radius 3 is 2.24 bits per heavy atom. The van der Waals surface area contributed by atoms with Crippen molar-refractivity contribution in [3.8, 4) is 0 Å². The molecule has 0 amide bonds. The monoisotopic (exact) mass is 317 g/mol. The van der Waals surface area contributed by atoms with Crippen LogP contribution in [0.15, 0.2) is 15.2 Å². The molecule has 0 radical (unpaired) electrons. The third-order valence-electron chi connectivity index (χ3n) is 3.19. The van der Waals surface area contributed by atoms with E-state index in [1.807, 2.05) is 0 Å². The quantitative estimate of drug-likeness (QED) is 0.679. The Balaban J connectivity index is 2.85. The first-order chi connectivity index (χ1) is 8.24. The summed E-state index contributed by atoms with van der Waals surface area (Å²) in [6.45, 7) is 7.81. The van der Waals surface area contributed by atoms with Crippen LogP contribution < -0.4 is 5.32 Å². The summed E-state index contributed by atoms with van der Waals surface area (Å²) in [6, 6.07) is 0.514. The predicted octanol–water partition coefficient (Wildman–Crippen LogP) is 5.38. The highest BCUT2D eigenvalue weighted by Crippen LogP contribution is 2.35. The molecular weight excluding hydrogens is 294 g/mol. The van der Waals surface area contributed by atoms with E-state index in [0.717, 1.165) is 12.5 Å². The van der Waals surface area contributed by atoms with Crippen molar-refractivity contribution < 1.29 is 0 Å². The van der Waals surface area contributed by atoms with Crippen LogP contribution in [0, 0.1) is 5.92 Å². The molecular formula is C14H24BrNS. The second kappa shape index (κ2) is 8.28. The molecule has 1 nitrogen and oxygen atoms in total. The minimum absolute atomic E-state index is 0.514. The summed E-state index contributed by atoms with van der Waals surface area (Å²) in [7, 11) is 0. The third-order valence-corrected chi connectivity index (χ3v) is 4.94. The highest BCUT2D eigenvalue weighted by atomic mass is 79.9.